The van der Waals surface area contributed by atoms with Gasteiger partial charge < -0.3 is 25.2 Å². The van der Waals surface area contributed by atoms with Gasteiger partial charge in [-0.25, -0.2) is 9.97 Å². The Hall–Kier alpha value is -3.48. The summed E-state index contributed by atoms with van der Waals surface area (Å²) < 4.78 is 44.7. The summed E-state index contributed by atoms with van der Waals surface area (Å²) in [6.07, 6.45) is 4.44. The van der Waals surface area contributed by atoms with E-state index in [2.05, 4.69) is 41.3 Å². The molecule has 1 atom stereocenters. The van der Waals surface area contributed by atoms with Gasteiger partial charge in [-0.1, -0.05) is 0 Å². The topological polar surface area (TPSA) is 112 Å². The number of ether oxygens (including phenoxy) is 1. The first kappa shape index (κ1) is 34.4. The quantitative estimate of drug-likeness (QED) is 0.130. The molecular weight excluding hydrogens is 603 g/mol. The van der Waals surface area contributed by atoms with Crippen molar-refractivity contribution >= 4 is 41.9 Å². The number of amides is 1. The number of pyridine rings is 2. The summed E-state index contributed by atoms with van der Waals surface area (Å²) >= 11 is 4.31. The highest BCUT2D eigenvalue weighted by Crippen LogP contribution is 2.59. The first-order valence-corrected chi connectivity index (χ1v) is 15.7. The number of nitrogens with zero attached hydrogens (tertiary/aromatic N) is 5. The third kappa shape index (κ3) is 8.62. The van der Waals surface area contributed by atoms with Gasteiger partial charge in [-0.3, -0.25) is 10.2 Å². The number of halogens is 3. The van der Waals surface area contributed by atoms with E-state index < -0.39 is 17.5 Å². The smallest absolute Gasteiger partial charge is 0.394 e. The van der Waals surface area contributed by atoms with Crippen LogP contribution in [0.1, 0.15) is 69.2 Å². The fourth-order valence-corrected chi connectivity index (χ4v) is 5.89. The number of primary amides is 1. The van der Waals surface area contributed by atoms with Crippen LogP contribution in [0.3, 0.4) is 0 Å². The van der Waals surface area contributed by atoms with E-state index in [1.54, 1.807) is 36.5 Å². The van der Waals surface area contributed by atoms with Crippen molar-refractivity contribution in [1.29, 1.82) is 5.41 Å². The van der Waals surface area contributed by atoms with Crippen LogP contribution in [0, 0.1) is 16.7 Å². The number of piperidine rings is 1. The van der Waals surface area contributed by atoms with E-state index in [9.17, 15) is 18.0 Å². The molecule has 1 aliphatic carbocycles. The molecule has 0 radical (unpaired) electrons. The second kappa shape index (κ2) is 13.9. The average molecular weight is 648 g/mol. The van der Waals surface area contributed by atoms with E-state index in [0.717, 1.165) is 49.5 Å². The van der Waals surface area contributed by atoms with Gasteiger partial charge in [0.2, 0.25) is 5.90 Å². The molecule has 2 aliphatic rings. The third-order valence-corrected chi connectivity index (χ3v) is 9.32. The highest BCUT2D eigenvalue weighted by molar-refractivity contribution is 7.80. The number of hydrogen-bond acceptors (Lipinski definition) is 9. The zero-order valence-electron chi connectivity index (χ0n) is 26.4. The van der Waals surface area contributed by atoms with E-state index in [1.165, 1.54) is 6.08 Å². The highest BCUT2D eigenvalue weighted by atomic mass is 32.1. The Morgan fingerprint density at radius 2 is 1.91 bits per heavy atom. The Balaban J connectivity index is 1.40. The maximum atomic E-state index is 13.2. The molecule has 2 fully saturated rings. The van der Waals surface area contributed by atoms with E-state index >= 15 is 0 Å². The predicted octanol–water partition coefficient (Wildman–Crippen LogP) is 6.45. The van der Waals surface area contributed by atoms with Crippen molar-refractivity contribution in [2.45, 2.75) is 75.4 Å². The maximum absolute atomic E-state index is 13.2. The summed E-state index contributed by atoms with van der Waals surface area (Å²) in [6.45, 7) is 5.68. The monoisotopic (exact) mass is 647 g/mol. The molecule has 3 N–H and O–H groups in total. The number of alkyl halides is 3. The summed E-state index contributed by atoms with van der Waals surface area (Å²) in [5.74, 6) is 1.52. The lowest BCUT2D eigenvalue weighted by Gasteiger charge is -2.47. The number of nitrogens with two attached hydrogens (primary N) is 1. The van der Waals surface area contributed by atoms with Gasteiger partial charge in [0.05, 0.1) is 17.6 Å². The van der Waals surface area contributed by atoms with Gasteiger partial charge in [0.15, 0.2) is 0 Å². The van der Waals surface area contributed by atoms with Gasteiger partial charge in [0.1, 0.15) is 17.5 Å². The van der Waals surface area contributed by atoms with Crippen molar-refractivity contribution in [2.24, 2.45) is 17.1 Å². The van der Waals surface area contributed by atoms with Crippen molar-refractivity contribution in [3.8, 4) is 0 Å². The molecule has 246 valence electrons. The fourth-order valence-electron chi connectivity index (χ4n) is 5.75. The molecule has 13 heteroatoms. The summed E-state index contributed by atoms with van der Waals surface area (Å²) in [6, 6.07) is 7.23. The first-order chi connectivity index (χ1) is 21.1. The van der Waals surface area contributed by atoms with Crippen molar-refractivity contribution < 1.29 is 22.7 Å². The van der Waals surface area contributed by atoms with Crippen molar-refractivity contribution in [3.63, 3.8) is 0 Å². The number of thiol groups is 1. The second-order valence-corrected chi connectivity index (χ2v) is 13.4. The van der Waals surface area contributed by atoms with Crippen LogP contribution in [-0.4, -0.2) is 67.3 Å². The molecule has 2 aromatic rings. The number of hydrogen-bond donors (Lipinski definition) is 3. The van der Waals surface area contributed by atoms with E-state index in [-0.39, 0.29) is 37.3 Å². The zero-order chi connectivity index (χ0) is 33.0. The minimum Gasteiger partial charge on any atom is -0.478 e. The number of carbonyl (C=O) groups excluding carboxylic acids is 1. The van der Waals surface area contributed by atoms with Gasteiger partial charge in [-0.05, 0) is 89.0 Å². The summed E-state index contributed by atoms with van der Waals surface area (Å²) in [5.41, 5.74) is 4.20. The van der Waals surface area contributed by atoms with Crippen LogP contribution < -0.4 is 20.4 Å². The minimum atomic E-state index is -4.24. The van der Waals surface area contributed by atoms with E-state index in [1.807, 2.05) is 19.2 Å². The molecule has 0 spiro atoms. The van der Waals surface area contributed by atoms with Crippen LogP contribution in [0.2, 0.25) is 0 Å². The molecular formula is C32H44F3N7O2S. The van der Waals surface area contributed by atoms with Crippen LogP contribution in [0.15, 0.2) is 47.6 Å². The van der Waals surface area contributed by atoms with E-state index in [0.29, 0.717) is 23.1 Å². The van der Waals surface area contributed by atoms with Crippen LogP contribution >= 0.6 is 12.6 Å². The number of nitrogens with one attached hydrogen (secondary N) is 1. The molecule has 45 heavy (non-hydrogen) atoms. The molecule has 1 saturated heterocycles. The molecule has 4 rings (SSSR count). The summed E-state index contributed by atoms with van der Waals surface area (Å²) in [4.78, 5) is 28.6. The number of anilines is 3. The normalized spacial score (nSPS) is 18.9. The third-order valence-electron chi connectivity index (χ3n) is 9.05. The van der Waals surface area contributed by atoms with Crippen molar-refractivity contribution in [3.05, 3.63) is 48.3 Å². The maximum Gasteiger partial charge on any atom is 0.394 e. The molecule has 1 unspecified atom stereocenters. The Labute approximate surface area is 268 Å². The van der Waals surface area contributed by atoms with Gasteiger partial charge in [-0.15, -0.1) is 12.6 Å². The van der Waals surface area contributed by atoms with Crippen LogP contribution in [0.25, 0.3) is 0 Å². The molecule has 1 saturated carbocycles. The number of aromatic nitrogens is 2. The Bertz CT molecular complexity index is 1380. The largest absolute Gasteiger partial charge is 0.478 e. The molecule has 1 aliphatic heterocycles. The zero-order valence-corrected chi connectivity index (χ0v) is 27.3. The minimum absolute atomic E-state index is 0.108. The Morgan fingerprint density at radius 1 is 1.20 bits per heavy atom. The molecule has 2 aromatic heterocycles. The standard InChI is InChI=1S/C32H44F3N7O2S/c1-30(2)13-11-22(6-5-17-40(3)26-9-7-23(45)20-38-26)21-42(30)29-24(28(37)43)8-10-27(39-29)41(4)18-12-25(36)44-19-16-31(14-15-31)32(33,34)35/h7-10,12,18,20,22,36,45H,5-6,11,13-17,19,21H2,1-4H3,(H2,37,43)/b18-12-,36-25?. The Morgan fingerprint density at radius 3 is 2.53 bits per heavy atom. The lowest BCUT2D eigenvalue weighted by atomic mass is 9.82. The summed E-state index contributed by atoms with van der Waals surface area (Å²) in [7, 11) is 3.77. The molecule has 1 amide bonds. The van der Waals surface area contributed by atoms with Gasteiger partial charge in [0.25, 0.3) is 5.91 Å². The molecule has 0 aromatic carbocycles. The van der Waals surface area contributed by atoms with Crippen LogP contribution in [-0.2, 0) is 4.74 Å². The predicted molar refractivity (Wildman–Crippen MR) is 174 cm³/mol. The highest BCUT2D eigenvalue weighted by Gasteiger charge is 2.62. The SMILES string of the molecule is CN(/C=C\C(=N)OCCC1(C(F)(F)F)CC1)c1ccc(C(N)=O)c(N2CC(CCCN(C)c3ccc(S)cn3)CCC2(C)C)n1. The summed E-state index contributed by atoms with van der Waals surface area (Å²) in [5, 5.41) is 8.02. The van der Waals surface area contributed by atoms with Gasteiger partial charge >= 0.3 is 6.18 Å². The average Bonchev–Trinajstić information content (AvgIpc) is 3.78. The van der Waals surface area contributed by atoms with Crippen molar-refractivity contribution in [2.75, 3.05) is 48.5 Å². The van der Waals surface area contributed by atoms with Gasteiger partial charge in [-0.2, -0.15) is 13.2 Å². The lowest BCUT2D eigenvalue weighted by Crippen LogP contribution is -2.51. The van der Waals surface area contributed by atoms with Gasteiger partial charge in [0, 0.05) is 56.1 Å². The van der Waals surface area contributed by atoms with Crippen molar-refractivity contribution in [1.82, 2.24) is 9.97 Å². The van der Waals surface area contributed by atoms with E-state index in [4.69, 9.17) is 20.9 Å². The molecule has 3 heterocycles. The lowest BCUT2D eigenvalue weighted by molar-refractivity contribution is -0.190. The molecule has 9 nitrogen and oxygen atoms in total. The first-order valence-electron chi connectivity index (χ1n) is 15.3. The van der Waals surface area contributed by atoms with Crippen LogP contribution in [0.5, 0.6) is 0 Å². The number of rotatable bonds is 13. The second-order valence-electron chi connectivity index (χ2n) is 12.8. The van der Waals surface area contributed by atoms with Crippen LogP contribution in [0.4, 0.5) is 30.6 Å². The molecule has 0 bridgehead atoms. The number of carbonyl (C=O) groups is 1. The fraction of sp³-hybridized carbons (Fsp3) is 0.562. The Kier molecular flexibility index (Phi) is 10.6.